The van der Waals surface area contributed by atoms with Gasteiger partial charge >= 0.3 is 0 Å². The molecule has 2 N–H and O–H groups in total. The first-order valence-corrected chi connectivity index (χ1v) is 8.92. The molecule has 0 saturated carbocycles. The van der Waals surface area contributed by atoms with E-state index >= 15 is 0 Å². The summed E-state index contributed by atoms with van der Waals surface area (Å²) < 4.78 is 1.68. The van der Waals surface area contributed by atoms with Gasteiger partial charge in [0.25, 0.3) is 5.91 Å². The average Bonchev–Trinajstić information content (AvgIpc) is 3.09. The predicted octanol–water partition coefficient (Wildman–Crippen LogP) is 4.17. The van der Waals surface area contributed by atoms with Gasteiger partial charge in [-0.05, 0) is 37.6 Å². The van der Waals surface area contributed by atoms with E-state index in [1.54, 1.807) is 10.7 Å². The van der Waals surface area contributed by atoms with E-state index in [0.29, 0.717) is 22.2 Å². The molecule has 0 saturated heterocycles. The first-order chi connectivity index (χ1) is 13.0. The molecule has 0 spiro atoms. The van der Waals surface area contributed by atoms with Crippen LogP contribution in [0.2, 0.25) is 5.02 Å². The van der Waals surface area contributed by atoms with Crippen LogP contribution in [0.5, 0.6) is 0 Å². The summed E-state index contributed by atoms with van der Waals surface area (Å²) in [4.78, 5) is 17.4. The van der Waals surface area contributed by atoms with Gasteiger partial charge in [0.15, 0.2) is 0 Å². The molecule has 0 fully saturated rings. The van der Waals surface area contributed by atoms with E-state index in [1.807, 2.05) is 56.3 Å². The number of nitrogens with one attached hydrogen (secondary N) is 2. The Kier molecular flexibility index (Phi) is 4.41. The topological polar surface area (TPSA) is 71.8 Å². The third kappa shape index (κ3) is 3.19. The van der Waals surface area contributed by atoms with Crippen molar-refractivity contribution in [1.29, 1.82) is 0 Å². The molecule has 7 heteroatoms. The largest absolute Gasteiger partial charge is 0.328 e. The standard InChI is InChI=1S/C20H18ClN5O/c1-12-6-5-7-14(10-12)25-19(27)17-13(2)24-20-22-11-23-26(20)18(17)15-8-3-4-9-16(15)21/h3-11,18H,1-2H3,(H,25,27)(H,22,23,24). The number of rotatable bonds is 3. The first kappa shape index (κ1) is 17.3. The van der Waals surface area contributed by atoms with E-state index < -0.39 is 6.04 Å². The lowest BCUT2D eigenvalue weighted by Crippen LogP contribution is -2.31. The number of fused-ring (bicyclic) bond motifs is 1. The highest BCUT2D eigenvalue weighted by Gasteiger charge is 2.34. The zero-order valence-electron chi connectivity index (χ0n) is 14.9. The van der Waals surface area contributed by atoms with Crippen molar-refractivity contribution in [1.82, 2.24) is 14.8 Å². The molecule has 2 heterocycles. The van der Waals surface area contributed by atoms with Crippen LogP contribution in [0.4, 0.5) is 11.6 Å². The summed E-state index contributed by atoms with van der Waals surface area (Å²) >= 11 is 6.45. The second-order valence-corrected chi connectivity index (χ2v) is 6.85. The molecule has 0 radical (unpaired) electrons. The van der Waals surface area contributed by atoms with Gasteiger partial charge in [-0.25, -0.2) is 4.68 Å². The van der Waals surface area contributed by atoms with Crippen molar-refractivity contribution >= 4 is 29.1 Å². The lowest BCUT2D eigenvalue weighted by atomic mass is 9.95. The molecule has 1 aliphatic heterocycles. The number of carbonyl (C=O) groups excluding carboxylic acids is 1. The van der Waals surface area contributed by atoms with E-state index in [4.69, 9.17) is 11.6 Å². The summed E-state index contributed by atoms with van der Waals surface area (Å²) in [7, 11) is 0. The predicted molar refractivity (Wildman–Crippen MR) is 106 cm³/mol. The lowest BCUT2D eigenvalue weighted by molar-refractivity contribution is -0.113. The Balaban J connectivity index is 1.79. The van der Waals surface area contributed by atoms with Crippen LogP contribution in [-0.2, 0) is 4.79 Å². The molecule has 2 aromatic carbocycles. The van der Waals surface area contributed by atoms with Crippen molar-refractivity contribution in [2.45, 2.75) is 19.9 Å². The second-order valence-electron chi connectivity index (χ2n) is 6.44. The fraction of sp³-hybridized carbons (Fsp3) is 0.150. The van der Waals surface area contributed by atoms with E-state index in [9.17, 15) is 4.79 Å². The number of allylic oxidation sites excluding steroid dienone is 1. The molecule has 136 valence electrons. The molecule has 1 amide bonds. The van der Waals surface area contributed by atoms with E-state index in [1.165, 1.54) is 6.33 Å². The molecule has 1 unspecified atom stereocenters. The molecule has 1 aromatic heterocycles. The van der Waals surface area contributed by atoms with Crippen LogP contribution < -0.4 is 10.6 Å². The number of benzene rings is 2. The monoisotopic (exact) mass is 379 g/mol. The fourth-order valence-electron chi connectivity index (χ4n) is 3.29. The lowest BCUT2D eigenvalue weighted by Gasteiger charge is -2.29. The number of anilines is 2. The van der Waals surface area contributed by atoms with Crippen molar-refractivity contribution in [2.75, 3.05) is 10.6 Å². The van der Waals surface area contributed by atoms with Crippen molar-refractivity contribution in [2.24, 2.45) is 0 Å². The number of aryl methyl sites for hydroxylation is 1. The van der Waals surface area contributed by atoms with Gasteiger partial charge in [0.05, 0.1) is 5.57 Å². The Morgan fingerprint density at radius 2 is 2.00 bits per heavy atom. The van der Waals surface area contributed by atoms with Crippen LogP contribution in [0.1, 0.15) is 24.1 Å². The van der Waals surface area contributed by atoms with Crippen molar-refractivity contribution in [3.63, 3.8) is 0 Å². The number of halogens is 1. The van der Waals surface area contributed by atoms with Gasteiger partial charge in [-0.15, -0.1) is 0 Å². The Morgan fingerprint density at radius 3 is 2.78 bits per heavy atom. The van der Waals surface area contributed by atoms with Gasteiger partial charge < -0.3 is 10.6 Å². The second kappa shape index (κ2) is 6.89. The van der Waals surface area contributed by atoms with Gasteiger partial charge in [0.2, 0.25) is 5.95 Å². The molecule has 0 aliphatic carbocycles. The molecular formula is C20H18ClN5O. The zero-order valence-corrected chi connectivity index (χ0v) is 15.7. The minimum atomic E-state index is -0.470. The summed E-state index contributed by atoms with van der Waals surface area (Å²) in [6.45, 7) is 3.84. The molecule has 4 rings (SSSR count). The summed E-state index contributed by atoms with van der Waals surface area (Å²) in [5, 5.41) is 11.0. The number of hydrogen-bond donors (Lipinski definition) is 2. The van der Waals surface area contributed by atoms with Crippen LogP contribution in [0.15, 0.2) is 66.1 Å². The third-order valence-electron chi connectivity index (χ3n) is 4.51. The van der Waals surface area contributed by atoms with Gasteiger partial charge in [0.1, 0.15) is 12.4 Å². The maximum Gasteiger partial charge on any atom is 0.255 e. The van der Waals surface area contributed by atoms with Crippen molar-refractivity contribution in [3.05, 3.63) is 82.3 Å². The van der Waals surface area contributed by atoms with Crippen LogP contribution in [0.3, 0.4) is 0 Å². The molecular weight excluding hydrogens is 362 g/mol. The maximum atomic E-state index is 13.2. The normalized spacial score (nSPS) is 15.9. The molecule has 27 heavy (non-hydrogen) atoms. The highest BCUT2D eigenvalue weighted by Crippen LogP contribution is 2.37. The van der Waals surface area contributed by atoms with Crippen LogP contribution in [-0.4, -0.2) is 20.7 Å². The van der Waals surface area contributed by atoms with Gasteiger partial charge in [0, 0.05) is 22.0 Å². The van der Waals surface area contributed by atoms with E-state index in [0.717, 1.165) is 16.8 Å². The Morgan fingerprint density at radius 1 is 1.19 bits per heavy atom. The maximum absolute atomic E-state index is 13.2. The summed E-state index contributed by atoms with van der Waals surface area (Å²) in [5.74, 6) is 0.362. The highest BCUT2D eigenvalue weighted by molar-refractivity contribution is 6.31. The van der Waals surface area contributed by atoms with E-state index in [-0.39, 0.29) is 5.91 Å². The van der Waals surface area contributed by atoms with Crippen molar-refractivity contribution in [3.8, 4) is 0 Å². The van der Waals surface area contributed by atoms with Crippen LogP contribution >= 0.6 is 11.6 Å². The number of carbonyl (C=O) groups is 1. The summed E-state index contributed by atoms with van der Waals surface area (Å²) in [6, 6.07) is 14.7. The molecule has 1 atom stereocenters. The minimum absolute atomic E-state index is 0.211. The zero-order chi connectivity index (χ0) is 19.0. The highest BCUT2D eigenvalue weighted by atomic mass is 35.5. The Labute approximate surface area is 161 Å². The molecule has 1 aliphatic rings. The first-order valence-electron chi connectivity index (χ1n) is 8.54. The molecule has 0 bridgehead atoms. The number of amides is 1. The minimum Gasteiger partial charge on any atom is -0.328 e. The van der Waals surface area contributed by atoms with E-state index in [2.05, 4.69) is 20.7 Å². The van der Waals surface area contributed by atoms with Gasteiger partial charge in [-0.3, -0.25) is 4.79 Å². The average molecular weight is 380 g/mol. The van der Waals surface area contributed by atoms with Crippen LogP contribution in [0.25, 0.3) is 0 Å². The molecule has 3 aromatic rings. The van der Waals surface area contributed by atoms with Crippen molar-refractivity contribution < 1.29 is 4.79 Å². The van der Waals surface area contributed by atoms with Crippen LogP contribution in [0, 0.1) is 6.92 Å². The number of aromatic nitrogens is 3. The summed E-state index contributed by atoms with van der Waals surface area (Å²) in [5.41, 5.74) is 3.86. The third-order valence-corrected chi connectivity index (χ3v) is 4.86. The smallest absolute Gasteiger partial charge is 0.255 e. The number of nitrogens with zero attached hydrogens (tertiary/aromatic N) is 3. The summed E-state index contributed by atoms with van der Waals surface area (Å²) in [6.07, 6.45) is 1.46. The molecule has 6 nitrogen and oxygen atoms in total. The van der Waals surface area contributed by atoms with Gasteiger partial charge in [-0.1, -0.05) is 41.9 Å². The Hall–Kier alpha value is -3.12. The van der Waals surface area contributed by atoms with Gasteiger partial charge in [-0.2, -0.15) is 10.1 Å². The SMILES string of the molecule is CC1=C(C(=O)Nc2cccc(C)c2)C(c2ccccc2Cl)n2ncnc2N1. The Bertz CT molecular complexity index is 1060. The fourth-order valence-corrected chi connectivity index (χ4v) is 3.53. The quantitative estimate of drug-likeness (QED) is 0.716. The number of hydrogen-bond acceptors (Lipinski definition) is 4.